The molecule has 0 spiro atoms. The van der Waals surface area contributed by atoms with Crippen LogP contribution in [0.2, 0.25) is 0 Å². The molecule has 2 rings (SSSR count). The van der Waals surface area contributed by atoms with Gasteiger partial charge in [-0.2, -0.15) is 0 Å². The van der Waals surface area contributed by atoms with Crippen molar-refractivity contribution in [1.29, 1.82) is 0 Å². The average molecular weight is 347 g/mol. The number of halogens is 3. The van der Waals surface area contributed by atoms with Crippen molar-refractivity contribution >= 4 is 21.6 Å². The number of rotatable bonds is 3. The summed E-state index contributed by atoms with van der Waals surface area (Å²) in [6.07, 6.45) is 0.918. The molecule has 0 aliphatic carbocycles. The average Bonchev–Trinajstić information content (AvgIpc) is 2.37. The summed E-state index contributed by atoms with van der Waals surface area (Å²) in [6.45, 7) is 7.95. The third-order valence-corrected chi connectivity index (χ3v) is 4.60. The molecule has 0 saturated carbocycles. The molecular formula is C15H21BrF2N2. The topological polar surface area (TPSA) is 15.3 Å². The summed E-state index contributed by atoms with van der Waals surface area (Å²) in [5.41, 5.74) is 0.477. The van der Waals surface area contributed by atoms with E-state index in [9.17, 15) is 8.78 Å². The van der Waals surface area contributed by atoms with E-state index in [1.54, 1.807) is 0 Å². The number of nitrogens with one attached hydrogen (secondary N) is 1. The largest absolute Gasteiger partial charge is 0.362 e. The molecule has 2 atom stereocenters. The highest BCUT2D eigenvalue weighted by Crippen LogP contribution is 2.33. The number of piperazine rings is 1. The van der Waals surface area contributed by atoms with E-state index in [-0.39, 0.29) is 6.04 Å². The lowest BCUT2D eigenvalue weighted by Crippen LogP contribution is -2.58. The second-order valence-electron chi connectivity index (χ2n) is 5.69. The molecule has 2 unspecified atom stereocenters. The van der Waals surface area contributed by atoms with Crippen molar-refractivity contribution in [3.8, 4) is 0 Å². The van der Waals surface area contributed by atoms with Crippen molar-refractivity contribution in [1.82, 2.24) is 5.32 Å². The van der Waals surface area contributed by atoms with Crippen molar-refractivity contribution in [3.05, 3.63) is 28.2 Å². The van der Waals surface area contributed by atoms with Crippen molar-refractivity contribution in [2.24, 2.45) is 5.92 Å². The molecule has 5 heteroatoms. The summed E-state index contributed by atoms with van der Waals surface area (Å²) in [6, 6.07) is 2.83. The predicted octanol–water partition coefficient (Wildman–Crippen LogP) is 3.94. The Morgan fingerprint density at radius 2 is 2.10 bits per heavy atom. The minimum atomic E-state index is -0.554. The first-order chi connectivity index (χ1) is 9.43. The molecule has 1 fully saturated rings. The molecule has 112 valence electrons. The van der Waals surface area contributed by atoms with Gasteiger partial charge in [0.25, 0.3) is 0 Å². The van der Waals surface area contributed by atoms with Crippen LogP contribution in [0.3, 0.4) is 0 Å². The Morgan fingerprint density at radius 3 is 2.65 bits per heavy atom. The minimum Gasteiger partial charge on any atom is -0.362 e. The Morgan fingerprint density at radius 1 is 1.40 bits per heavy atom. The third kappa shape index (κ3) is 3.14. The molecule has 20 heavy (non-hydrogen) atoms. The van der Waals surface area contributed by atoms with Crippen LogP contribution < -0.4 is 10.2 Å². The molecule has 0 radical (unpaired) electrons. The van der Waals surface area contributed by atoms with Crippen LogP contribution in [0.15, 0.2) is 16.6 Å². The van der Waals surface area contributed by atoms with Gasteiger partial charge in [0.05, 0.1) is 5.69 Å². The van der Waals surface area contributed by atoms with Crippen LogP contribution in [0.25, 0.3) is 0 Å². The molecule has 1 aliphatic heterocycles. The molecule has 1 N–H and O–H groups in total. The fourth-order valence-electron chi connectivity index (χ4n) is 2.72. The Bertz CT molecular complexity index is 456. The zero-order valence-corrected chi connectivity index (χ0v) is 13.7. The first-order valence-electron chi connectivity index (χ1n) is 7.08. The lowest BCUT2D eigenvalue weighted by atomic mass is 9.97. The Kier molecular flexibility index (Phi) is 5.02. The summed E-state index contributed by atoms with van der Waals surface area (Å²) in [7, 11) is 0. The smallest absolute Gasteiger partial charge is 0.150 e. The lowest BCUT2D eigenvalue weighted by molar-refractivity contribution is 0.323. The normalized spacial score (nSPS) is 23.4. The number of hydrogen-bond acceptors (Lipinski definition) is 2. The highest BCUT2D eigenvalue weighted by molar-refractivity contribution is 9.10. The van der Waals surface area contributed by atoms with E-state index >= 15 is 0 Å². The first-order valence-corrected chi connectivity index (χ1v) is 7.87. The van der Waals surface area contributed by atoms with Crippen LogP contribution in [-0.4, -0.2) is 25.2 Å². The summed E-state index contributed by atoms with van der Waals surface area (Å²) >= 11 is 3.31. The molecule has 1 aliphatic rings. The van der Waals surface area contributed by atoms with Gasteiger partial charge in [0.1, 0.15) is 5.82 Å². The lowest BCUT2D eigenvalue weighted by Gasteiger charge is -2.43. The maximum atomic E-state index is 14.2. The highest BCUT2D eigenvalue weighted by atomic mass is 79.9. The maximum absolute atomic E-state index is 14.2. The van der Waals surface area contributed by atoms with Gasteiger partial charge in [-0.15, -0.1) is 0 Å². The second kappa shape index (κ2) is 6.39. The van der Waals surface area contributed by atoms with Crippen LogP contribution in [0.4, 0.5) is 14.5 Å². The first kappa shape index (κ1) is 15.7. The van der Waals surface area contributed by atoms with Crippen LogP contribution in [0, 0.1) is 17.6 Å². The molecule has 1 aromatic rings. The second-order valence-corrected chi connectivity index (χ2v) is 6.55. The van der Waals surface area contributed by atoms with Crippen molar-refractivity contribution < 1.29 is 8.78 Å². The van der Waals surface area contributed by atoms with Crippen molar-refractivity contribution in [3.63, 3.8) is 0 Å². The zero-order chi connectivity index (χ0) is 14.9. The SMILES string of the molecule is CCC1CNC(C(C)C)CN1c1c(F)cc(F)cc1Br. The van der Waals surface area contributed by atoms with Crippen LogP contribution in [-0.2, 0) is 0 Å². The number of hydrogen-bond donors (Lipinski definition) is 1. The maximum Gasteiger partial charge on any atom is 0.150 e. The summed E-state index contributed by atoms with van der Waals surface area (Å²) in [5.74, 6) is -0.584. The zero-order valence-electron chi connectivity index (χ0n) is 12.1. The van der Waals surface area contributed by atoms with E-state index in [1.165, 1.54) is 6.07 Å². The third-order valence-electron chi connectivity index (χ3n) is 3.99. The van der Waals surface area contributed by atoms with Gasteiger partial charge in [-0.25, -0.2) is 8.78 Å². The van der Waals surface area contributed by atoms with Gasteiger partial charge in [0, 0.05) is 35.7 Å². The summed E-state index contributed by atoms with van der Waals surface area (Å²) < 4.78 is 27.9. The van der Waals surface area contributed by atoms with E-state index in [0.717, 1.165) is 25.6 Å². The molecule has 0 aromatic heterocycles. The quantitative estimate of drug-likeness (QED) is 0.891. The molecule has 1 aromatic carbocycles. The molecule has 0 amide bonds. The summed E-state index contributed by atoms with van der Waals surface area (Å²) in [4.78, 5) is 2.07. The van der Waals surface area contributed by atoms with Crippen molar-refractivity contribution in [2.45, 2.75) is 39.3 Å². The van der Waals surface area contributed by atoms with Gasteiger partial charge in [-0.3, -0.25) is 0 Å². The predicted molar refractivity (Wildman–Crippen MR) is 82.1 cm³/mol. The molecular weight excluding hydrogens is 326 g/mol. The standard InChI is InChI=1S/C15H21BrF2N2/c1-4-11-7-19-14(9(2)3)8-20(11)15-12(16)5-10(17)6-13(15)18/h5-6,9,11,14,19H,4,7-8H2,1-3H3. The van der Waals surface area contributed by atoms with Crippen molar-refractivity contribution in [2.75, 3.05) is 18.0 Å². The number of benzene rings is 1. The number of nitrogens with zero attached hydrogens (tertiary/aromatic N) is 1. The molecule has 1 heterocycles. The Balaban J connectivity index is 2.36. The van der Waals surface area contributed by atoms with Gasteiger partial charge in [-0.1, -0.05) is 20.8 Å². The molecule has 2 nitrogen and oxygen atoms in total. The van der Waals surface area contributed by atoms with Gasteiger partial charge in [0.2, 0.25) is 0 Å². The molecule has 1 saturated heterocycles. The van der Waals surface area contributed by atoms with E-state index in [0.29, 0.717) is 22.1 Å². The number of anilines is 1. The highest BCUT2D eigenvalue weighted by Gasteiger charge is 2.31. The van der Waals surface area contributed by atoms with Gasteiger partial charge >= 0.3 is 0 Å². The van der Waals surface area contributed by atoms with E-state index in [1.807, 2.05) is 0 Å². The Labute approximate surface area is 127 Å². The van der Waals surface area contributed by atoms with Crippen LogP contribution in [0.1, 0.15) is 27.2 Å². The minimum absolute atomic E-state index is 0.223. The van der Waals surface area contributed by atoms with E-state index in [4.69, 9.17) is 0 Å². The van der Waals surface area contributed by atoms with Gasteiger partial charge in [0.15, 0.2) is 5.82 Å². The van der Waals surface area contributed by atoms with E-state index < -0.39 is 11.6 Å². The van der Waals surface area contributed by atoms with E-state index in [2.05, 4.69) is 46.9 Å². The van der Waals surface area contributed by atoms with Gasteiger partial charge in [-0.05, 0) is 34.3 Å². The monoisotopic (exact) mass is 346 g/mol. The Hall–Kier alpha value is -0.680. The fraction of sp³-hybridized carbons (Fsp3) is 0.600. The molecule has 0 bridgehead atoms. The summed E-state index contributed by atoms with van der Waals surface area (Å²) in [5, 5.41) is 3.52. The van der Waals surface area contributed by atoms with Crippen LogP contribution in [0.5, 0.6) is 0 Å². The fourth-order valence-corrected chi connectivity index (χ4v) is 3.35. The van der Waals surface area contributed by atoms with Gasteiger partial charge < -0.3 is 10.2 Å². The van der Waals surface area contributed by atoms with Crippen LogP contribution >= 0.6 is 15.9 Å².